The Morgan fingerprint density at radius 1 is 1.29 bits per heavy atom. The van der Waals surface area contributed by atoms with Gasteiger partial charge in [0.05, 0.1) is 43.4 Å². The van der Waals surface area contributed by atoms with Crippen LogP contribution < -0.4 is 25.2 Å². The molecule has 34 heavy (non-hydrogen) atoms. The van der Waals surface area contributed by atoms with Gasteiger partial charge in [-0.15, -0.1) is 0 Å². The monoisotopic (exact) mass is 470 g/mol. The highest BCUT2D eigenvalue weighted by Crippen LogP contribution is 2.38. The van der Waals surface area contributed by atoms with Crippen LogP contribution in [-0.4, -0.2) is 92.9 Å². The highest BCUT2D eigenvalue weighted by Gasteiger charge is 2.22. The number of hydrogen-bond acceptors (Lipinski definition) is 10. The molecule has 11 nitrogen and oxygen atoms in total. The van der Waals surface area contributed by atoms with Gasteiger partial charge in [-0.05, 0) is 33.2 Å². The van der Waals surface area contributed by atoms with Crippen LogP contribution in [0.3, 0.4) is 0 Å². The Labute approximate surface area is 200 Å². The zero-order valence-corrected chi connectivity index (χ0v) is 20.5. The topological polar surface area (TPSA) is 108 Å². The zero-order chi connectivity index (χ0) is 24.7. The Morgan fingerprint density at radius 2 is 2.09 bits per heavy atom. The fourth-order valence-corrected chi connectivity index (χ4v) is 3.54. The summed E-state index contributed by atoms with van der Waals surface area (Å²) in [4.78, 5) is 31.6. The van der Waals surface area contributed by atoms with E-state index in [9.17, 15) is 4.79 Å². The summed E-state index contributed by atoms with van der Waals surface area (Å²) >= 11 is 0. The van der Waals surface area contributed by atoms with E-state index in [4.69, 9.17) is 9.47 Å². The summed E-state index contributed by atoms with van der Waals surface area (Å²) in [6, 6.07) is 3.85. The van der Waals surface area contributed by atoms with Crippen LogP contribution in [0.25, 0.3) is 0 Å². The Bertz CT molecular complexity index is 1000. The van der Waals surface area contributed by atoms with E-state index in [0.717, 1.165) is 18.8 Å². The van der Waals surface area contributed by atoms with E-state index >= 15 is 0 Å². The first-order chi connectivity index (χ1) is 16.3. The van der Waals surface area contributed by atoms with E-state index < -0.39 is 0 Å². The molecule has 1 unspecified atom stereocenters. The quantitative estimate of drug-likeness (QED) is 0.500. The molecule has 2 N–H and O–H groups in total. The molecule has 0 saturated carbocycles. The van der Waals surface area contributed by atoms with E-state index in [2.05, 4.69) is 53.8 Å². The molecule has 1 atom stereocenters. The van der Waals surface area contributed by atoms with Crippen molar-refractivity contribution in [3.63, 3.8) is 0 Å². The third-order valence-corrected chi connectivity index (χ3v) is 5.49. The van der Waals surface area contributed by atoms with Gasteiger partial charge >= 0.3 is 0 Å². The highest BCUT2D eigenvalue weighted by atomic mass is 16.5. The van der Waals surface area contributed by atoms with Crippen molar-refractivity contribution in [2.75, 3.05) is 81.5 Å². The molecule has 1 amide bonds. The van der Waals surface area contributed by atoms with Gasteiger partial charge in [0.1, 0.15) is 12.1 Å². The number of hydrogen-bond donors (Lipinski definition) is 2. The van der Waals surface area contributed by atoms with E-state index in [-0.39, 0.29) is 11.9 Å². The van der Waals surface area contributed by atoms with Crippen LogP contribution in [0.1, 0.15) is 6.92 Å². The predicted octanol–water partition coefficient (Wildman–Crippen LogP) is 1.97. The van der Waals surface area contributed by atoms with Crippen LogP contribution in [0.2, 0.25) is 0 Å². The second-order valence-electron chi connectivity index (χ2n) is 8.34. The summed E-state index contributed by atoms with van der Waals surface area (Å²) in [6.45, 7) is 9.19. The number of carbonyl (C=O) groups is 1. The van der Waals surface area contributed by atoms with Crippen LogP contribution in [0.15, 0.2) is 31.1 Å². The molecule has 0 aliphatic carbocycles. The number of ether oxygens (including phenoxy) is 2. The van der Waals surface area contributed by atoms with Gasteiger partial charge in [-0.25, -0.2) is 9.97 Å². The molecule has 1 aromatic carbocycles. The molecule has 1 aromatic heterocycles. The molecule has 2 aromatic rings. The van der Waals surface area contributed by atoms with E-state index in [1.165, 1.54) is 12.4 Å². The standard InChI is InChI=1S/C23H34N8O3/c1-7-21(32)26-17-12-18(20(33-6)13-19(17)30(5)9-8-29(3)4)27-22-24-15-25-23(28-22)31-10-11-34-14-16(31)2/h7,12-13,15-16H,1,8-11,14H2,2-6H3,(H,26,32)(H,24,25,27,28). The van der Waals surface area contributed by atoms with Crippen LogP contribution in [0.5, 0.6) is 5.75 Å². The minimum Gasteiger partial charge on any atom is -0.494 e. The molecule has 1 aliphatic heterocycles. The van der Waals surface area contributed by atoms with Crippen molar-refractivity contribution >= 4 is 34.9 Å². The maximum atomic E-state index is 12.1. The number of aromatic nitrogens is 3. The number of anilines is 5. The van der Waals surface area contributed by atoms with Crippen molar-refractivity contribution in [1.29, 1.82) is 0 Å². The van der Waals surface area contributed by atoms with Gasteiger partial charge < -0.3 is 34.8 Å². The number of methoxy groups -OCH3 is 1. The lowest BCUT2D eigenvalue weighted by Gasteiger charge is -2.33. The Kier molecular flexibility index (Phi) is 8.61. The zero-order valence-electron chi connectivity index (χ0n) is 20.5. The normalized spacial score (nSPS) is 15.7. The van der Waals surface area contributed by atoms with Crippen LogP contribution in [0.4, 0.5) is 29.0 Å². The number of nitrogens with one attached hydrogen (secondary N) is 2. The van der Waals surface area contributed by atoms with Gasteiger partial charge in [0, 0.05) is 32.7 Å². The third-order valence-electron chi connectivity index (χ3n) is 5.49. The van der Waals surface area contributed by atoms with Gasteiger partial charge in [0.25, 0.3) is 0 Å². The third kappa shape index (κ3) is 6.33. The van der Waals surface area contributed by atoms with Crippen molar-refractivity contribution in [1.82, 2.24) is 19.9 Å². The first-order valence-corrected chi connectivity index (χ1v) is 11.1. The molecule has 1 aliphatic rings. The number of carbonyl (C=O) groups excluding carboxylic acids is 1. The number of nitrogens with zero attached hydrogens (tertiary/aromatic N) is 6. The fraction of sp³-hybridized carbons (Fsp3) is 0.478. The van der Waals surface area contributed by atoms with Gasteiger partial charge in [-0.3, -0.25) is 4.79 Å². The van der Waals surface area contributed by atoms with Crippen molar-refractivity contribution < 1.29 is 14.3 Å². The van der Waals surface area contributed by atoms with Gasteiger partial charge in [0.2, 0.25) is 17.8 Å². The largest absolute Gasteiger partial charge is 0.494 e. The summed E-state index contributed by atoms with van der Waals surface area (Å²) < 4.78 is 11.2. The molecule has 1 fully saturated rings. The minimum absolute atomic E-state index is 0.163. The average Bonchev–Trinajstić information content (AvgIpc) is 2.83. The predicted molar refractivity (Wildman–Crippen MR) is 134 cm³/mol. The first kappa shape index (κ1) is 25.2. The highest BCUT2D eigenvalue weighted by molar-refractivity contribution is 6.02. The van der Waals surface area contributed by atoms with E-state index in [0.29, 0.717) is 48.8 Å². The lowest BCUT2D eigenvalue weighted by atomic mass is 10.2. The SMILES string of the molecule is C=CC(=O)Nc1cc(Nc2ncnc(N3CCOCC3C)n2)c(OC)cc1N(C)CCN(C)C. The second-order valence-corrected chi connectivity index (χ2v) is 8.34. The Balaban J connectivity index is 1.93. The van der Waals surface area contributed by atoms with Crippen molar-refractivity contribution in [3.05, 3.63) is 31.1 Å². The molecule has 0 bridgehead atoms. The number of benzene rings is 1. The van der Waals surface area contributed by atoms with Crippen LogP contribution in [0, 0.1) is 0 Å². The molecule has 184 valence electrons. The number of likely N-dealkylation sites (N-methyl/N-ethyl adjacent to an activating group) is 2. The summed E-state index contributed by atoms with van der Waals surface area (Å²) in [5.74, 6) is 1.23. The smallest absolute Gasteiger partial charge is 0.247 e. The molecule has 0 radical (unpaired) electrons. The molecular formula is C23H34N8O3. The summed E-state index contributed by atoms with van der Waals surface area (Å²) in [5, 5.41) is 6.11. The van der Waals surface area contributed by atoms with Crippen LogP contribution >= 0.6 is 0 Å². The molecule has 0 spiro atoms. The average molecular weight is 471 g/mol. The molecule has 1 saturated heterocycles. The van der Waals surface area contributed by atoms with Crippen molar-refractivity contribution in [2.45, 2.75) is 13.0 Å². The van der Waals surface area contributed by atoms with Gasteiger partial charge in [-0.1, -0.05) is 6.58 Å². The van der Waals surface area contributed by atoms with Gasteiger partial charge in [0.15, 0.2) is 0 Å². The molecular weight excluding hydrogens is 436 g/mol. The summed E-state index contributed by atoms with van der Waals surface area (Å²) in [6.07, 6.45) is 2.71. The van der Waals surface area contributed by atoms with Crippen molar-refractivity contribution in [2.24, 2.45) is 0 Å². The first-order valence-electron chi connectivity index (χ1n) is 11.1. The molecule has 3 rings (SSSR count). The fourth-order valence-electron chi connectivity index (χ4n) is 3.54. The van der Waals surface area contributed by atoms with Crippen molar-refractivity contribution in [3.8, 4) is 5.75 Å². The Hall–Kier alpha value is -3.44. The summed E-state index contributed by atoms with van der Waals surface area (Å²) in [7, 11) is 7.60. The maximum Gasteiger partial charge on any atom is 0.247 e. The van der Waals surface area contributed by atoms with E-state index in [1.807, 2.05) is 33.3 Å². The van der Waals surface area contributed by atoms with Crippen LogP contribution in [-0.2, 0) is 9.53 Å². The molecule has 2 heterocycles. The molecule has 11 heteroatoms. The number of rotatable bonds is 10. The number of morpholine rings is 1. The second kappa shape index (κ2) is 11.6. The summed E-state index contributed by atoms with van der Waals surface area (Å²) in [5.41, 5.74) is 2.04. The minimum atomic E-state index is -0.304. The maximum absolute atomic E-state index is 12.1. The van der Waals surface area contributed by atoms with Gasteiger partial charge in [-0.2, -0.15) is 4.98 Å². The Morgan fingerprint density at radius 3 is 2.76 bits per heavy atom. The van der Waals surface area contributed by atoms with E-state index in [1.54, 1.807) is 7.11 Å². The number of amides is 1. The lowest BCUT2D eigenvalue weighted by molar-refractivity contribution is -0.111. The lowest BCUT2D eigenvalue weighted by Crippen LogP contribution is -2.44.